The molecule has 0 bridgehead atoms. The third-order valence-corrected chi connectivity index (χ3v) is 4.09. The zero-order valence-corrected chi connectivity index (χ0v) is 14.7. The molecule has 0 spiro atoms. The number of rotatable bonds is 12. The molecule has 18 heavy (non-hydrogen) atoms. The van der Waals surface area contributed by atoms with Crippen LogP contribution in [0.5, 0.6) is 0 Å². The summed E-state index contributed by atoms with van der Waals surface area (Å²) in [5.41, 5.74) is 0. The van der Waals surface area contributed by atoms with E-state index in [4.69, 9.17) is 2.47 Å². The summed E-state index contributed by atoms with van der Waals surface area (Å²) in [6, 6.07) is 0.862. The first-order chi connectivity index (χ1) is 9.47. The molecule has 0 nitrogen and oxygen atoms in total. The normalized spacial score (nSPS) is 12.4. The Morgan fingerprint density at radius 2 is 0.944 bits per heavy atom. The van der Waals surface area contributed by atoms with Crippen molar-refractivity contribution >= 4 is 9.38 Å². The van der Waals surface area contributed by atoms with E-state index in [2.05, 4.69) is 20.8 Å². The first-order valence-electron chi connectivity index (χ1n) is 9.47. The van der Waals surface area contributed by atoms with Crippen LogP contribution in [0.3, 0.4) is 0 Å². The summed E-state index contributed by atoms with van der Waals surface area (Å²) in [5, 5.41) is 0. The van der Waals surface area contributed by atoms with Crippen molar-refractivity contribution in [3.05, 3.63) is 0 Å². The van der Waals surface area contributed by atoms with Crippen molar-refractivity contribution in [1.29, 1.82) is 2.47 Å². The van der Waals surface area contributed by atoms with Crippen LogP contribution in [-0.4, -0.2) is 11.9 Å². The van der Waals surface area contributed by atoms with E-state index in [0.717, 1.165) is 12.5 Å². The van der Waals surface area contributed by atoms with Crippen LogP contribution in [0.25, 0.3) is 0 Å². The molecule has 0 aliphatic carbocycles. The molecule has 1 heteroatoms. The van der Waals surface area contributed by atoms with Crippen LogP contribution < -0.4 is 0 Å². The van der Waals surface area contributed by atoms with Gasteiger partial charge in [0.2, 0.25) is 0 Å². The van der Waals surface area contributed by atoms with Crippen molar-refractivity contribution in [2.75, 3.05) is 0 Å². The molecule has 0 amide bonds. The van der Waals surface area contributed by atoms with Gasteiger partial charge in [-0.25, -0.2) is 0 Å². The Bertz CT molecular complexity index is 163. The van der Waals surface area contributed by atoms with E-state index >= 15 is 0 Å². The maximum Gasteiger partial charge on any atom is 0.0166 e. The Labute approximate surface area is 123 Å². The highest BCUT2D eigenvalue weighted by Gasteiger charge is 1.89. The van der Waals surface area contributed by atoms with Crippen LogP contribution in [0.15, 0.2) is 0 Å². The van der Waals surface area contributed by atoms with Crippen LogP contribution in [0.4, 0.5) is 0 Å². The predicted molar refractivity (Wildman–Crippen MR) is 91.6 cm³/mol. The SMILES string of the molecule is CCCCCCC.[3H][Si]([3H])(C)CCCCCCCCC. The van der Waals surface area contributed by atoms with Crippen LogP contribution in [0, 0.1) is 0 Å². The standard InChI is InChI=1S/C10H24Si.C7H16/c1-3-4-5-6-7-8-9-10-11-2;1-3-5-7-6-4-2/h3-11H2,1-2H3;3-7H2,1-2H3/i11T2;. The van der Waals surface area contributed by atoms with Gasteiger partial charge in [-0.15, -0.1) is 0 Å². The van der Waals surface area contributed by atoms with Gasteiger partial charge in [-0.1, -0.05) is 110 Å². The molecule has 0 heterocycles. The van der Waals surface area contributed by atoms with Gasteiger partial charge in [-0.2, -0.15) is 0 Å². The number of unbranched alkanes of at least 4 members (excludes halogenated alkanes) is 10. The van der Waals surface area contributed by atoms with Gasteiger partial charge in [0.15, 0.2) is 0 Å². The van der Waals surface area contributed by atoms with Gasteiger partial charge in [0.1, 0.15) is 0 Å². The summed E-state index contributed by atoms with van der Waals surface area (Å²) in [6.45, 7) is 8.53. The zero-order chi connectivity index (χ0) is 15.7. The number of hydrogen-bond acceptors (Lipinski definition) is 0. The van der Waals surface area contributed by atoms with Gasteiger partial charge >= 0.3 is 0 Å². The second-order valence-electron chi connectivity index (χ2n) is 5.29. The third kappa shape index (κ3) is 25.2. The summed E-state index contributed by atoms with van der Waals surface area (Å²) in [6.07, 6.45) is 16.1. The average molecular weight is 277 g/mol. The molecule has 112 valence electrons. The first kappa shape index (κ1) is 16.3. The molecule has 0 aliphatic rings. The molecule has 0 aliphatic heterocycles. The molecule has 0 saturated carbocycles. The van der Waals surface area contributed by atoms with Crippen molar-refractivity contribution in [3.63, 3.8) is 0 Å². The molecular formula is C17H40Si. The second-order valence-corrected chi connectivity index (χ2v) is 6.49. The van der Waals surface area contributed by atoms with Crippen molar-refractivity contribution in [1.82, 2.24) is 0 Å². The highest BCUT2D eigenvalue weighted by Crippen LogP contribution is 2.07. The van der Waals surface area contributed by atoms with Crippen LogP contribution in [0.1, 0.15) is 97.8 Å². The molecule has 0 fully saturated rings. The van der Waals surface area contributed by atoms with E-state index in [1.54, 1.807) is 0 Å². The summed E-state index contributed by atoms with van der Waals surface area (Å²) in [7, 11) is -2.23. The van der Waals surface area contributed by atoms with Crippen LogP contribution >= 0.6 is 0 Å². The largest absolute Gasteiger partial charge is 0.0748 e. The number of hydrogen-bond donors (Lipinski definition) is 0. The lowest BCUT2D eigenvalue weighted by Crippen LogP contribution is -1.82. The monoisotopic (exact) mass is 276 g/mol. The van der Waals surface area contributed by atoms with Crippen LogP contribution in [0.2, 0.25) is 12.6 Å². The molecule has 0 N–H and O–H groups in total. The van der Waals surface area contributed by atoms with Gasteiger partial charge in [0, 0.05) is 11.9 Å². The Morgan fingerprint density at radius 3 is 1.33 bits per heavy atom. The predicted octanol–water partition coefficient (Wildman–Crippen LogP) is 6.35. The van der Waals surface area contributed by atoms with Gasteiger partial charge in [-0.3, -0.25) is 0 Å². The van der Waals surface area contributed by atoms with Crippen molar-refractivity contribution < 1.29 is 0 Å². The molecule has 0 unspecified atom stereocenters. The fraction of sp³-hybridized carbons (Fsp3) is 1.00. The Hall–Kier alpha value is 0.217. The average Bonchev–Trinajstić information content (AvgIpc) is 2.38. The lowest BCUT2D eigenvalue weighted by Gasteiger charge is -1.98. The minimum Gasteiger partial charge on any atom is -0.0748 e. The lowest BCUT2D eigenvalue weighted by atomic mass is 10.1. The van der Waals surface area contributed by atoms with Crippen LogP contribution in [-0.2, 0) is 0 Å². The minimum atomic E-state index is -2.23. The van der Waals surface area contributed by atoms with E-state index in [1.807, 2.05) is 6.55 Å². The smallest absolute Gasteiger partial charge is 0.0166 e. The van der Waals surface area contributed by atoms with Gasteiger partial charge in [0.25, 0.3) is 0 Å². The van der Waals surface area contributed by atoms with Gasteiger partial charge < -0.3 is 0 Å². The van der Waals surface area contributed by atoms with E-state index in [9.17, 15) is 0 Å². The van der Waals surface area contributed by atoms with E-state index in [1.165, 1.54) is 70.6 Å². The minimum absolute atomic E-state index is 0.862. The maximum absolute atomic E-state index is 7.48. The summed E-state index contributed by atoms with van der Waals surface area (Å²) in [5.74, 6) is 0. The molecule has 0 saturated heterocycles. The molecule has 0 aromatic heterocycles. The first-order valence-corrected chi connectivity index (χ1v) is 10.2. The van der Waals surface area contributed by atoms with E-state index in [0.29, 0.717) is 0 Å². The van der Waals surface area contributed by atoms with E-state index < -0.39 is 9.38 Å². The van der Waals surface area contributed by atoms with Gasteiger partial charge in [-0.05, 0) is 0 Å². The molecule has 0 rings (SSSR count). The lowest BCUT2D eigenvalue weighted by molar-refractivity contribution is 0.601. The Balaban J connectivity index is 0. The summed E-state index contributed by atoms with van der Waals surface area (Å²) < 4.78 is 15.0. The summed E-state index contributed by atoms with van der Waals surface area (Å²) >= 11 is 0. The Kier molecular flexibility index (Phi) is 20.3. The second kappa shape index (κ2) is 22.4. The molecule has 0 radical (unpaired) electrons. The van der Waals surface area contributed by atoms with Crippen molar-refractivity contribution in [2.24, 2.45) is 0 Å². The van der Waals surface area contributed by atoms with Crippen molar-refractivity contribution in [3.8, 4) is 0 Å². The highest BCUT2D eigenvalue weighted by molar-refractivity contribution is 6.33. The van der Waals surface area contributed by atoms with Gasteiger partial charge in [0.05, 0.1) is 0 Å². The van der Waals surface area contributed by atoms with E-state index in [-0.39, 0.29) is 0 Å². The zero-order valence-electron chi connectivity index (χ0n) is 15.7. The van der Waals surface area contributed by atoms with Crippen molar-refractivity contribution in [2.45, 2.75) is 110 Å². The highest BCUT2D eigenvalue weighted by atomic mass is 28.2. The topological polar surface area (TPSA) is 0 Å². The summed E-state index contributed by atoms with van der Waals surface area (Å²) in [4.78, 5) is 0. The molecular weight excluding hydrogens is 232 g/mol. The molecule has 0 aromatic rings. The molecule has 0 atom stereocenters. The fourth-order valence-corrected chi connectivity index (χ4v) is 2.54. The maximum atomic E-state index is 7.48. The molecule has 0 aromatic carbocycles. The quantitative estimate of drug-likeness (QED) is 0.288. The third-order valence-electron chi connectivity index (χ3n) is 3.24. The Morgan fingerprint density at radius 1 is 0.611 bits per heavy atom. The fourth-order valence-electron chi connectivity index (χ4n) is 1.94.